The number of hydrogen-bond donors (Lipinski definition) is 3. The van der Waals surface area contributed by atoms with Gasteiger partial charge in [-0.25, -0.2) is 4.79 Å². The normalized spacial score (nSPS) is 12.8. The first-order valence-electron chi connectivity index (χ1n) is 6.77. The van der Waals surface area contributed by atoms with E-state index in [1.807, 2.05) is 0 Å². The molecule has 0 fully saturated rings. The zero-order valence-electron chi connectivity index (χ0n) is 12.5. The van der Waals surface area contributed by atoms with Crippen LogP contribution < -0.4 is 11.1 Å². The first-order chi connectivity index (χ1) is 10.9. The summed E-state index contributed by atoms with van der Waals surface area (Å²) in [6.07, 6.45) is 0.152. The average molecular weight is 322 g/mol. The summed E-state index contributed by atoms with van der Waals surface area (Å²) >= 11 is 0. The van der Waals surface area contributed by atoms with Crippen molar-refractivity contribution < 1.29 is 29.0 Å². The molecule has 23 heavy (non-hydrogen) atoms. The van der Waals surface area contributed by atoms with Gasteiger partial charge in [-0.1, -0.05) is 24.3 Å². The Morgan fingerprint density at radius 2 is 1.91 bits per heavy atom. The third-order valence-electron chi connectivity index (χ3n) is 3.16. The minimum Gasteiger partial charge on any atom is -0.481 e. The van der Waals surface area contributed by atoms with E-state index in [0.29, 0.717) is 12.0 Å². The fourth-order valence-corrected chi connectivity index (χ4v) is 1.97. The maximum absolute atomic E-state index is 11.9. The van der Waals surface area contributed by atoms with E-state index in [0.717, 1.165) is 0 Å². The number of carboxylic acid groups (broad SMARTS) is 1. The highest BCUT2D eigenvalue weighted by Crippen LogP contribution is 2.10. The van der Waals surface area contributed by atoms with Gasteiger partial charge >= 0.3 is 11.9 Å². The predicted octanol–water partition coefficient (Wildman–Crippen LogP) is -0.499. The Morgan fingerprint density at radius 1 is 1.30 bits per heavy atom. The molecule has 0 saturated heterocycles. The Balaban J connectivity index is 2.79. The van der Waals surface area contributed by atoms with Crippen LogP contribution in [-0.4, -0.2) is 48.4 Å². The quantitative estimate of drug-likeness (QED) is 0.317. The van der Waals surface area contributed by atoms with E-state index in [4.69, 9.17) is 10.8 Å². The van der Waals surface area contributed by atoms with E-state index in [9.17, 15) is 19.2 Å². The second-order valence-electron chi connectivity index (χ2n) is 4.83. The molecule has 0 aliphatic rings. The number of Topliss-reactive ketones (excluding diaryl/α,β-unsaturated/α-hetero) is 1. The van der Waals surface area contributed by atoms with E-state index in [1.165, 1.54) is 19.2 Å². The third-order valence-corrected chi connectivity index (χ3v) is 3.16. The first kappa shape index (κ1) is 18.3. The molecule has 8 nitrogen and oxygen atoms in total. The number of carbonyl (C=O) groups is 4. The number of hydrogen-bond acceptors (Lipinski definition) is 6. The topological polar surface area (TPSA) is 136 Å². The summed E-state index contributed by atoms with van der Waals surface area (Å²) in [6.45, 7) is 0. The van der Waals surface area contributed by atoms with E-state index in [1.54, 1.807) is 12.1 Å². The fourth-order valence-electron chi connectivity index (χ4n) is 1.97. The summed E-state index contributed by atoms with van der Waals surface area (Å²) < 4.78 is 4.58. The molecule has 0 radical (unpaired) electrons. The number of benzene rings is 1. The summed E-state index contributed by atoms with van der Waals surface area (Å²) in [5, 5.41) is 11.0. The maximum Gasteiger partial charge on any atom is 0.328 e. The van der Waals surface area contributed by atoms with Gasteiger partial charge in [0.2, 0.25) is 6.41 Å². The molecule has 0 unspecified atom stereocenters. The Hall–Kier alpha value is -2.74. The highest BCUT2D eigenvalue weighted by Gasteiger charge is 2.20. The van der Waals surface area contributed by atoms with Crippen LogP contribution in [-0.2, 0) is 25.5 Å². The van der Waals surface area contributed by atoms with Gasteiger partial charge in [-0.3, -0.25) is 14.4 Å². The fraction of sp³-hybridized carbons (Fsp3) is 0.333. The molecular weight excluding hydrogens is 304 g/mol. The number of carboxylic acids is 1. The van der Waals surface area contributed by atoms with Crippen molar-refractivity contribution in [2.24, 2.45) is 5.73 Å². The molecule has 2 atom stereocenters. The van der Waals surface area contributed by atoms with Crippen LogP contribution in [0.1, 0.15) is 22.3 Å². The molecule has 1 aromatic rings. The van der Waals surface area contributed by atoms with E-state index >= 15 is 0 Å². The summed E-state index contributed by atoms with van der Waals surface area (Å²) in [5.74, 6) is -2.21. The van der Waals surface area contributed by atoms with Crippen molar-refractivity contribution in [3.05, 3.63) is 35.4 Å². The minimum absolute atomic E-state index is 0.195. The standard InChI is InChI=1S/C15H18N2O6/c1-23-15(22)12(17-8-18)6-9-2-4-10(5-3-9)14(21)11(16)7-13(19)20/h2-5,8,11-12H,6-7,16H2,1H3,(H,17,18)(H,19,20)/t11-,12-/m1/s1. The second-order valence-corrected chi connectivity index (χ2v) is 4.83. The summed E-state index contributed by atoms with van der Waals surface area (Å²) in [5.41, 5.74) is 6.50. The van der Waals surface area contributed by atoms with Crippen molar-refractivity contribution in [1.82, 2.24) is 5.32 Å². The second kappa shape index (κ2) is 8.64. The molecule has 0 spiro atoms. The maximum atomic E-state index is 11.9. The molecule has 124 valence electrons. The number of carbonyl (C=O) groups excluding carboxylic acids is 3. The van der Waals surface area contributed by atoms with Crippen molar-refractivity contribution in [3.8, 4) is 0 Å². The lowest BCUT2D eigenvalue weighted by atomic mass is 9.99. The molecule has 1 amide bonds. The Morgan fingerprint density at radius 3 is 2.39 bits per heavy atom. The predicted molar refractivity (Wildman–Crippen MR) is 79.7 cm³/mol. The van der Waals surface area contributed by atoms with Gasteiger partial charge in [-0.05, 0) is 5.56 Å². The van der Waals surface area contributed by atoms with Gasteiger partial charge in [0.05, 0.1) is 19.6 Å². The van der Waals surface area contributed by atoms with Crippen LogP contribution in [0.5, 0.6) is 0 Å². The molecule has 8 heteroatoms. The highest BCUT2D eigenvalue weighted by molar-refractivity contribution is 6.01. The number of ether oxygens (including phenoxy) is 1. The molecule has 0 aliphatic heterocycles. The molecule has 0 heterocycles. The van der Waals surface area contributed by atoms with Crippen LogP contribution in [0.3, 0.4) is 0 Å². The molecule has 0 saturated carbocycles. The van der Waals surface area contributed by atoms with E-state index < -0.39 is 36.2 Å². The summed E-state index contributed by atoms with van der Waals surface area (Å²) in [7, 11) is 1.22. The van der Waals surface area contributed by atoms with Gasteiger partial charge in [0.25, 0.3) is 0 Å². The van der Waals surface area contributed by atoms with Crippen molar-refractivity contribution >= 4 is 24.1 Å². The first-order valence-corrected chi connectivity index (χ1v) is 6.77. The van der Waals surface area contributed by atoms with Crippen LogP contribution in [0.2, 0.25) is 0 Å². The molecule has 1 aromatic carbocycles. The number of aliphatic carboxylic acids is 1. The van der Waals surface area contributed by atoms with E-state index in [2.05, 4.69) is 10.1 Å². The monoisotopic (exact) mass is 322 g/mol. The van der Waals surface area contributed by atoms with Gasteiger partial charge in [0.1, 0.15) is 6.04 Å². The van der Waals surface area contributed by atoms with Crippen LogP contribution in [0.25, 0.3) is 0 Å². The number of nitrogens with one attached hydrogen (secondary N) is 1. The van der Waals surface area contributed by atoms with Crippen LogP contribution >= 0.6 is 0 Å². The van der Waals surface area contributed by atoms with Crippen molar-refractivity contribution in [1.29, 1.82) is 0 Å². The lowest BCUT2D eigenvalue weighted by Gasteiger charge is -2.14. The van der Waals surface area contributed by atoms with Gasteiger partial charge in [0, 0.05) is 12.0 Å². The largest absolute Gasteiger partial charge is 0.481 e. The lowest BCUT2D eigenvalue weighted by molar-refractivity contribution is -0.144. The number of esters is 1. The molecule has 0 bridgehead atoms. The number of ketones is 1. The number of rotatable bonds is 9. The van der Waals surface area contributed by atoms with Gasteiger partial charge < -0.3 is 20.9 Å². The number of amides is 1. The summed E-state index contributed by atoms with van der Waals surface area (Å²) in [6, 6.07) is 4.25. The molecule has 0 aliphatic carbocycles. The van der Waals surface area contributed by atoms with Crippen LogP contribution in [0.15, 0.2) is 24.3 Å². The van der Waals surface area contributed by atoms with Gasteiger partial charge in [0.15, 0.2) is 5.78 Å². The van der Waals surface area contributed by atoms with Crippen molar-refractivity contribution in [2.75, 3.05) is 7.11 Å². The van der Waals surface area contributed by atoms with Crippen LogP contribution in [0.4, 0.5) is 0 Å². The third kappa shape index (κ3) is 5.51. The summed E-state index contributed by atoms with van der Waals surface area (Å²) in [4.78, 5) is 44.5. The number of nitrogens with two attached hydrogens (primary N) is 1. The van der Waals surface area contributed by atoms with Crippen molar-refractivity contribution in [3.63, 3.8) is 0 Å². The Kier molecular flexibility index (Phi) is 6.88. The van der Waals surface area contributed by atoms with Crippen molar-refractivity contribution in [2.45, 2.75) is 24.9 Å². The molecular formula is C15H18N2O6. The number of methoxy groups -OCH3 is 1. The average Bonchev–Trinajstić information content (AvgIpc) is 2.53. The SMILES string of the molecule is COC(=O)[C@@H](Cc1ccc(C(=O)[C@H](N)CC(=O)O)cc1)NC=O. The van der Waals surface area contributed by atoms with Crippen LogP contribution in [0, 0.1) is 0 Å². The van der Waals surface area contributed by atoms with E-state index in [-0.39, 0.29) is 12.0 Å². The molecule has 0 aromatic heterocycles. The highest BCUT2D eigenvalue weighted by atomic mass is 16.5. The van der Waals surface area contributed by atoms with Gasteiger partial charge in [-0.15, -0.1) is 0 Å². The molecule has 4 N–H and O–H groups in total. The Labute approximate surface area is 132 Å². The minimum atomic E-state index is -1.15. The molecule has 1 rings (SSSR count). The smallest absolute Gasteiger partial charge is 0.328 e. The zero-order valence-corrected chi connectivity index (χ0v) is 12.5. The Bertz CT molecular complexity index is 584. The zero-order chi connectivity index (χ0) is 17.4. The van der Waals surface area contributed by atoms with Gasteiger partial charge in [-0.2, -0.15) is 0 Å². The lowest BCUT2D eigenvalue weighted by Crippen LogP contribution is -2.38.